The fraction of sp³-hybridized carbons (Fsp3) is 0.278. The van der Waals surface area contributed by atoms with Crippen LogP contribution in [-0.2, 0) is 6.54 Å². The third-order valence-electron chi connectivity index (χ3n) is 3.22. The van der Waals surface area contributed by atoms with E-state index in [2.05, 4.69) is 16.7 Å². The third-order valence-corrected chi connectivity index (χ3v) is 3.22. The molecule has 2 N–H and O–H groups in total. The van der Waals surface area contributed by atoms with Crippen molar-refractivity contribution in [3.8, 4) is 5.75 Å². The summed E-state index contributed by atoms with van der Waals surface area (Å²) in [6, 6.07) is 13.5. The molecule has 2 rings (SSSR count). The van der Waals surface area contributed by atoms with Gasteiger partial charge < -0.3 is 15.4 Å². The Bertz CT molecular complexity index is 653. The molecule has 0 fully saturated rings. The van der Waals surface area contributed by atoms with Crippen LogP contribution in [0.5, 0.6) is 5.75 Å². The first-order chi connectivity index (χ1) is 10.6. The van der Waals surface area contributed by atoms with E-state index in [-0.39, 0.29) is 6.03 Å². The number of nitrogens with one attached hydrogen (secondary N) is 2. The fourth-order valence-corrected chi connectivity index (χ4v) is 2.18. The summed E-state index contributed by atoms with van der Waals surface area (Å²) in [4.78, 5) is 12.0. The Balaban J connectivity index is 1.97. The number of hydrogen-bond acceptors (Lipinski definition) is 2. The van der Waals surface area contributed by atoms with Crippen LogP contribution in [0.1, 0.15) is 23.6 Å². The molecule has 0 unspecified atom stereocenters. The van der Waals surface area contributed by atoms with Crippen molar-refractivity contribution in [1.82, 2.24) is 5.32 Å². The Morgan fingerprint density at radius 2 is 1.86 bits per heavy atom. The number of amides is 2. The SMILES string of the molecule is CCOc1cc(C)ccc1NC(=O)NCc1cccc(C)c1. The van der Waals surface area contributed by atoms with Crippen molar-refractivity contribution in [2.24, 2.45) is 0 Å². The highest BCUT2D eigenvalue weighted by molar-refractivity contribution is 5.90. The third kappa shape index (κ3) is 4.52. The summed E-state index contributed by atoms with van der Waals surface area (Å²) in [5.74, 6) is 0.688. The lowest BCUT2D eigenvalue weighted by Crippen LogP contribution is -2.28. The average molecular weight is 298 g/mol. The highest BCUT2D eigenvalue weighted by Gasteiger charge is 2.08. The van der Waals surface area contributed by atoms with Crippen molar-refractivity contribution in [1.29, 1.82) is 0 Å². The van der Waals surface area contributed by atoms with Gasteiger partial charge in [0, 0.05) is 6.54 Å². The molecule has 116 valence electrons. The maximum atomic E-state index is 12.0. The standard InChI is InChI=1S/C18H22N2O2/c1-4-22-17-11-14(3)8-9-16(17)20-18(21)19-12-15-7-5-6-13(2)10-15/h5-11H,4,12H2,1-3H3,(H2,19,20,21). The first-order valence-corrected chi connectivity index (χ1v) is 7.42. The summed E-state index contributed by atoms with van der Waals surface area (Å²) in [6.45, 7) is 6.99. The zero-order valence-electron chi connectivity index (χ0n) is 13.3. The lowest BCUT2D eigenvalue weighted by molar-refractivity contribution is 0.251. The summed E-state index contributed by atoms with van der Waals surface area (Å²) >= 11 is 0. The molecule has 0 heterocycles. The predicted octanol–water partition coefficient (Wildman–Crippen LogP) is 4.02. The van der Waals surface area contributed by atoms with Crippen molar-refractivity contribution in [3.63, 3.8) is 0 Å². The van der Waals surface area contributed by atoms with Gasteiger partial charge in [0.15, 0.2) is 0 Å². The van der Waals surface area contributed by atoms with Crippen LogP contribution in [0.2, 0.25) is 0 Å². The number of carbonyl (C=O) groups is 1. The van der Waals surface area contributed by atoms with Gasteiger partial charge in [-0.1, -0.05) is 35.9 Å². The molecule has 2 aromatic rings. The van der Waals surface area contributed by atoms with E-state index in [1.807, 2.05) is 57.2 Å². The van der Waals surface area contributed by atoms with E-state index in [0.29, 0.717) is 24.6 Å². The van der Waals surface area contributed by atoms with Crippen LogP contribution in [0.25, 0.3) is 0 Å². The Hall–Kier alpha value is -2.49. The van der Waals surface area contributed by atoms with Gasteiger partial charge in [0.1, 0.15) is 5.75 Å². The van der Waals surface area contributed by atoms with Gasteiger partial charge in [-0.2, -0.15) is 0 Å². The van der Waals surface area contributed by atoms with Crippen LogP contribution < -0.4 is 15.4 Å². The molecule has 0 atom stereocenters. The topological polar surface area (TPSA) is 50.4 Å². The molecule has 0 aliphatic carbocycles. The Morgan fingerprint density at radius 1 is 1.09 bits per heavy atom. The van der Waals surface area contributed by atoms with Gasteiger partial charge in [-0.05, 0) is 44.0 Å². The van der Waals surface area contributed by atoms with Crippen LogP contribution in [0.4, 0.5) is 10.5 Å². The van der Waals surface area contributed by atoms with Gasteiger partial charge in [-0.3, -0.25) is 0 Å². The summed E-state index contributed by atoms with van der Waals surface area (Å²) < 4.78 is 5.55. The van der Waals surface area contributed by atoms with E-state index < -0.39 is 0 Å². The molecule has 4 nitrogen and oxygen atoms in total. The van der Waals surface area contributed by atoms with E-state index in [1.54, 1.807) is 0 Å². The van der Waals surface area contributed by atoms with Crippen LogP contribution in [0.15, 0.2) is 42.5 Å². The van der Waals surface area contributed by atoms with Gasteiger partial charge in [-0.15, -0.1) is 0 Å². The Labute approximate surface area is 131 Å². The second kappa shape index (κ2) is 7.50. The molecule has 0 spiro atoms. The molecule has 0 aromatic heterocycles. The zero-order chi connectivity index (χ0) is 15.9. The summed E-state index contributed by atoms with van der Waals surface area (Å²) in [7, 11) is 0. The Kier molecular flexibility index (Phi) is 5.42. The monoisotopic (exact) mass is 298 g/mol. The van der Waals surface area contributed by atoms with Gasteiger partial charge in [-0.25, -0.2) is 4.79 Å². The number of aryl methyl sites for hydroxylation is 2. The quantitative estimate of drug-likeness (QED) is 0.875. The number of benzene rings is 2. The molecular weight excluding hydrogens is 276 g/mol. The minimum Gasteiger partial charge on any atom is -0.492 e. The van der Waals surface area contributed by atoms with Crippen molar-refractivity contribution in [2.75, 3.05) is 11.9 Å². The molecule has 0 aliphatic rings. The van der Waals surface area contributed by atoms with Crippen LogP contribution in [0.3, 0.4) is 0 Å². The maximum absolute atomic E-state index is 12.0. The number of urea groups is 1. The smallest absolute Gasteiger partial charge is 0.319 e. The number of rotatable bonds is 5. The van der Waals surface area contributed by atoms with E-state index >= 15 is 0 Å². The summed E-state index contributed by atoms with van der Waals surface area (Å²) in [6.07, 6.45) is 0. The summed E-state index contributed by atoms with van der Waals surface area (Å²) in [5, 5.41) is 5.69. The molecular formula is C18H22N2O2. The van der Waals surface area contributed by atoms with Crippen LogP contribution in [-0.4, -0.2) is 12.6 Å². The van der Waals surface area contributed by atoms with E-state index in [1.165, 1.54) is 5.56 Å². The van der Waals surface area contributed by atoms with E-state index in [9.17, 15) is 4.79 Å². The van der Waals surface area contributed by atoms with Crippen molar-refractivity contribution < 1.29 is 9.53 Å². The van der Waals surface area contributed by atoms with E-state index in [4.69, 9.17) is 4.74 Å². The molecule has 22 heavy (non-hydrogen) atoms. The molecule has 2 aromatic carbocycles. The van der Waals surface area contributed by atoms with Crippen LogP contribution >= 0.6 is 0 Å². The second-order valence-electron chi connectivity index (χ2n) is 5.23. The van der Waals surface area contributed by atoms with Crippen LogP contribution in [0, 0.1) is 13.8 Å². The lowest BCUT2D eigenvalue weighted by atomic mass is 10.1. The molecule has 0 saturated carbocycles. The number of anilines is 1. The molecule has 0 bridgehead atoms. The highest BCUT2D eigenvalue weighted by atomic mass is 16.5. The highest BCUT2D eigenvalue weighted by Crippen LogP contribution is 2.25. The first-order valence-electron chi connectivity index (χ1n) is 7.42. The van der Waals surface area contributed by atoms with Crippen molar-refractivity contribution >= 4 is 11.7 Å². The normalized spacial score (nSPS) is 10.1. The van der Waals surface area contributed by atoms with Crippen molar-refractivity contribution in [2.45, 2.75) is 27.3 Å². The van der Waals surface area contributed by atoms with Gasteiger partial charge in [0.25, 0.3) is 0 Å². The lowest BCUT2D eigenvalue weighted by Gasteiger charge is -2.13. The number of ether oxygens (including phenoxy) is 1. The van der Waals surface area contributed by atoms with E-state index in [0.717, 1.165) is 11.1 Å². The minimum absolute atomic E-state index is 0.244. The predicted molar refractivity (Wildman–Crippen MR) is 89.4 cm³/mol. The maximum Gasteiger partial charge on any atom is 0.319 e. The molecule has 2 amide bonds. The average Bonchev–Trinajstić information content (AvgIpc) is 2.48. The van der Waals surface area contributed by atoms with Gasteiger partial charge >= 0.3 is 6.03 Å². The first kappa shape index (κ1) is 15.9. The largest absolute Gasteiger partial charge is 0.492 e. The number of carbonyl (C=O) groups excluding carboxylic acids is 1. The zero-order valence-corrected chi connectivity index (χ0v) is 13.3. The number of hydrogen-bond donors (Lipinski definition) is 2. The fourth-order valence-electron chi connectivity index (χ4n) is 2.18. The molecule has 0 saturated heterocycles. The minimum atomic E-state index is -0.244. The molecule has 0 radical (unpaired) electrons. The summed E-state index contributed by atoms with van der Waals surface area (Å²) in [5.41, 5.74) is 4.02. The molecule has 4 heteroatoms. The second-order valence-corrected chi connectivity index (χ2v) is 5.23. The van der Waals surface area contributed by atoms with Gasteiger partial charge in [0.05, 0.1) is 12.3 Å². The molecule has 0 aliphatic heterocycles. The van der Waals surface area contributed by atoms with Gasteiger partial charge in [0.2, 0.25) is 0 Å². The van der Waals surface area contributed by atoms with Crippen molar-refractivity contribution in [3.05, 3.63) is 59.2 Å². The Morgan fingerprint density at radius 3 is 2.59 bits per heavy atom.